The van der Waals surface area contributed by atoms with Crippen LogP contribution in [-0.4, -0.2) is 82.2 Å². The van der Waals surface area contributed by atoms with Gasteiger partial charge in [-0.2, -0.15) is 10.2 Å². The van der Waals surface area contributed by atoms with Crippen LogP contribution in [0, 0.1) is 0 Å². The van der Waals surface area contributed by atoms with Gasteiger partial charge >= 0.3 is 6.09 Å². The van der Waals surface area contributed by atoms with Gasteiger partial charge in [0.15, 0.2) is 5.65 Å². The second-order valence-electron chi connectivity index (χ2n) is 11.4. The molecule has 0 bridgehead atoms. The number of ether oxygens (including phenoxy) is 2. The number of carbonyl (C=O) groups excluding carboxylic acids is 1. The largest absolute Gasteiger partial charge is 0.444 e. The first-order chi connectivity index (χ1) is 19.3. The number of hydrogen-bond acceptors (Lipinski definition) is 9. The lowest BCUT2D eigenvalue weighted by atomic mass is 10.1. The molecule has 6 rings (SSSR count). The predicted molar refractivity (Wildman–Crippen MR) is 147 cm³/mol. The molecule has 0 radical (unpaired) electrons. The molecule has 5 heterocycles. The Kier molecular flexibility index (Phi) is 7.09. The molecule has 0 saturated carbocycles. The van der Waals surface area contributed by atoms with Crippen LogP contribution in [0.5, 0.6) is 11.6 Å². The van der Waals surface area contributed by atoms with Gasteiger partial charge in [-0.15, -0.1) is 0 Å². The Morgan fingerprint density at radius 3 is 2.55 bits per heavy atom. The van der Waals surface area contributed by atoms with Crippen LogP contribution in [0.15, 0.2) is 43.4 Å². The molecule has 0 N–H and O–H groups in total. The Morgan fingerprint density at radius 1 is 1.02 bits per heavy atom. The number of piperidine rings is 1. The van der Waals surface area contributed by atoms with E-state index >= 15 is 0 Å². The van der Waals surface area contributed by atoms with Crippen molar-refractivity contribution in [3.8, 4) is 17.3 Å². The number of carbonyl (C=O) groups is 1. The maximum Gasteiger partial charge on any atom is 0.410 e. The lowest BCUT2D eigenvalue weighted by Crippen LogP contribution is -2.42. The molecule has 1 aromatic carbocycles. The molecule has 0 spiro atoms. The first kappa shape index (κ1) is 26.2. The molecule has 210 valence electrons. The normalized spacial score (nSPS) is 17.0. The zero-order chi connectivity index (χ0) is 27.7. The molecule has 2 fully saturated rings. The van der Waals surface area contributed by atoms with Crippen LogP contribution < -0.4 is 4.74 Å². The molecule has 0 atom stereocenters. The second-order valence-corrected chi connectivity index (χ2v) is 11.4. The number of likely N-dealkylation sites (tertiary alicyclic amines) is 2. The van der Waals surface area contributed by atoms with E-state index in [1.807, 2.05) is 37.6 Å². The molecular weight excluding hydrogens is 510 g/mol. The van der Waals surface area contributed by atoms with E-state index in [1.54, 1.807) is 22.1 Å². The van der Waals surface area contributed by atoms with Crippen molar-refractivity contribution in [2.75, 3.05) is 26.2 Å². The molecule has 3 aromatic heterocycles. The summed E-state index contributed by atoms with van der Waals surface area (Å²) in [6, 6.07) is 6.15. The van der Waals surface area contributed by atoms with Crippen LogP contribution >= 0.6 is 0 Å². The monoisotopic (exact) mass is 545 g/mol. The van der Waals surface area contributed by atoms with Crippen LogP contribution in [-0.2, 0) is 11.3 Å². The van der Waals surface area contributed by atoms with Gasteiger partial charge in [0.1, 0.15) is 35.7 Å². The fraction of sp³-hybridized carbons (Fsp3) is 0.500. The smallest absolute Gasteiger partial charge is 0.410 e. The highest BCUT2D eigenvalue weighted by Crippen LogP contribution is 2.33. The number of aromatic nitrogens is 7. The molecule has 2 saturated heterocycles. The van der Waals surface area contributed by atoms with E-state index in [2.05, 4.69) is 36.1 Å². The number of hydrogen-bond donors (Lipinski definition) is 0. The maximum absolute atomic E-state index is 12.5. The van der Waals surface area contributed by atoms with Crippen LogP contribution in [0.1, 0.15) is 58.1 Å². The lowest BCUT2D eigenvalue weighted by molar-refractivity contribution is 0.0186. The van der Waals surface area contributed by atoms with Crippen LogP contribution in [0.2, 0.25) is 0 Å². The van der Waals surface area contributed by atoms with Crippen molar-refractivity contribution in [1.82, 2.24) is 44.3 Å². The summed E-state index contributed by atoms with van der Waals surface area (Å²) in [6.45, 7) is 9.78. The van der Waals surface area contributed by atoms with Gasteiger partial charge in [0.2, 0.25) is 5.88 Å². The Bertz CT molecular complexity index is 1460. The number of nitrogens with zero attached hydrogens (tertiary/aromatic N) is 9. The first-order valence-corrected chi connectivity index (χ1v) is 13.9. The summed E-state index contributed by atoms with van der Waals surface area (Å²) in [4.78, 5) is 29.8. The van der Waals surface area contributed by atoms with Crippen molar-refractivity contribution in [3.05, 3.63) is 48.9 Å². The molecule has 0 aliphatic carbocycles. The van der Waals surface area contributed by atoms with Gasteiger partial charge in [-0.1, -0.05) is 0 Å². The minimum absolute atomic E-state index is 0.117. The van der Waals surface area contributed by atoms with Gasteiger partial charge in [0, 0.05) is 25.2 Å². The van der Waals surface area contributed by atoms with Crippen LogP contribution in [0.3, 0.4) is 0 Å². The third-order valence-corrected chi connectivity index (χ3v) is 7.34. The zero-order valence-corrected chi connectivity index (χ0v) is 23.2. The molecule has 2 aliphatic rings. The van der Waals surface area contributed by atoms with Crippen molar-refractivity contribution in [3.63, 3.8) is 0 Å². The van der Waals surface area contributed by atoms with Crippen LogP contribution in [0.25, 0.3) is 16.7 Å². The number of benzene rings is 1. The van der Waals surface area contributed by atoms with Gasteiger partial charge in [0.05, 0.1) is 17.9 Å². The first-order valence-electron chi connectivity index (χ1n) is 13.9. The standard InChI is InChI=1S/C28H35N9O3/c1-28(2,3)40-27(38)35-12-8-21(9-13-35)37-25-23(15-32-37)26(31-18-30-25)39-24-7-6-22(36-19-29-17-33-36)14-20(24)16-34-10-4-5-11-34/h6-7,14-15,17-19,21H,4-5,8-13,16H2,1-3H3. The molecule has 12 nitrogen and oxygen atoms in total. The highest BCUT2D eigenvalue weighted by Gasteiger charge is 2.29. The van der Waals surface area contributed by atoms with Crippen LogP contribution in [0.4, 0.5) is 4.79 Å². The Labute approximate surface area is 232 Å². The quantitative estimate of drug-likeness (QED) is 0.348. The Morgan fingerprint density at radius 2 is 1.82 bits per heavy atom. The summed E-state index contributed by atoms with van der Waals surface area (Å²) in [5.74, 6) is 1.22. The average Bonchev–Trinajstić information content (AvgIpc) is 3.71. The fourth-order valence-electron chi connectivity index (χ4n) is 5.37. The fourth-order valence-corrected chi connectivity index (χ4v) is 5.37. The SMILES string of the molecule is CC(C)(C)OC(=O)N1CCC(n2ncc3c(Oc4ccc(-n5cncn5)cc4CN4CCCC4)ncnc32)CC1. The van der Waals surface area contributed by atoms with Gasteiger partial charge in [-0.05, 0) is 77.7 Å². The minimum Gasteiger partial charge on any atom is -0.444 e. The molecule has 4 aromatic rings. The van der Waals surface area contributed by atoms with Gasteiger partial charge < -0.3 is 14.4 Å². The maximum atomic E-state index is 12.5. The molecular formula is C28H35N9O3. The summed E-state index contributed by atoms with van der Waals surface area (Å²) >= 11 is 0. The number of amides is 1. The highest BCUT2D eigenvalue weighted by molar-refractivity contribution is 5.80. The molecule has 40 heavy (non-hydrogen) atoms. The predicted octanol–water partition coefficient (Wildman–Crippen LogP) is 4.37. The topological polar surface area (TPSA) is 116 Å². The molecule has 12 heteroatoms. The van der Waals surface area contributed by atoms with E-state index in [0.717, 1.165) is 60.5 Å². The highest BCUT2D eigenvalue weighted by atomic mass is 16.6. The average molecular weight is 546 g/mol. The Hall–Kier alpha value is -4.06. The van der Waals surface area contributed by atoms with E-state index in [9.17, 15) is 4.79 Å². The van der Waals surface area contributed by atoms with Crippen molar-refractivity contribution in [2.24, 2.45) is 0 Å². The number of fused-ring (bicyclic) bond motifs is 1. The van der Waals surface area contributed by atoms with E-state index in [4.69, 9.17) is 9.47 Å². The summed E-state index contributed by atoms with van der Waals surface area (Å²) in [6.07, 6.45) is 10.2. The third kappa shape index (κ3) is 5.62. The van der Waals surface area contributed by atoms with E-state index in [0.29, 0.717) is 19.0 Å². The molecule has 1 amide bonds. The van der Waals surface area contributed by atoms with Gasteiger partial charge in [-0.3, -0.25) is 4.90 Å². The zero-order valence-electron chi connectivity index (χ0n) is 23.2. The summed E-state index contributed by atoms with van der Waals surface area (Å²) < 4.78 is 15.7. The molecule has 0 unspecified atom stereocenters. The minimum atomic E-state index is -0.509. The summed E-state index contributed by atoms with van der Waals surface area (Å²) in [5.41, 5.74) is 2.20. The summed E-state index contributed by atoms with van der Waals surface area (Å²) in [5, 5.41) is 9.71. The van der Waals surface area contributed by atoms with Crippen molar-refractivity contribution in [1.29, 1.82) is 0 Å². The lowest BCUT2D eigenvalue weighted by Gasteiger charge is -2.33. The van der Waals surface area contributed by atoms with E-state index in [1.165, 1.54) is 25.5 Å². The molecule has 2 aliphatic heterocycles. The van der Waals surface area contributed by atoms with Crippen molar-refractivity contribution < 1.29 is 14.3 Å². The second kappa shape index (κ2) is 10.8. The van der Waals surface area contributed by atoms with Gasteiger partial charge in [0.25, 0.3) is 0 Å². The van der Waals surface area contributed by atoms with E-state index in [-0.39, 0.29) is 12.1 Å². The van der Waals surface area contributed by atoms with Gasteiger partial charge in [-0.25, -0.2) is 29.1 Å². The van der Waals surface area contributed by atoms with Crippen molar-refractivity contribution >= 4 is 17.1 Å². The Balaban J connectivity index is 1.22. The van der Waals surface area contributed by atoms with Crippen molar-refractivity contribution in [2.45, 2.75) is 64.6 Å². The number of rotatable bonds is 6. The summed E-state index contributed by atoms with van der Waals surface area (Å²) in [7, 11) is 0. The third-order valence-electron chi connectivity index (χ3n) is 7.34. The van der Waals surface area contributed by atoms with E-state index < -0.39 is 5.60 Å².